The van der Waals surface area contributed by atoms with E-state index in [0.717, 1.165) is 45.6 Å². The molecular weight excluding hydrogens is 314 g/mol. The smallest absolute Gasteiger partial charge is 0.224 e. The minimum atomic E-state index is 0.189. The first-order valence-electron chi connectivity index (χ1n) is 9.47. The summed E-state index contributed by atoms with van der Waals surface area (Å²) in [4.78, 5) is 30.6. The highest BCUT2D eigenvalue weighted by atomic mass is 16.2. The van der Waals surface area contributed by atoms with Gasteiger partial charge in [0, 0.05) is 58.2 Å². The molecular formula is C20H29N3O2. The summed E-state index contributed by atoms with van der Waals surface area (Å²) in [5.41, 5.74) is 1.32. The fourth-order valence-electron chi connectivity index (χ4n) is 3.92. The SMILES string of the molecule is C[C@@H]1CN(Cc2ccccc2)CCCN1C(=O)CCN1CCCC1=O. The largest absolute Gasteiger partial charge is 0.342 e. The number of benzene rings is 1. The molecule has 2 amide bonds. The average Bonchev–Trinajstić information content (AvgIpc) is 2.92. The van der Waals surface area contributed by atoms with Gasteiger partial charge in [0.1, 0.15) is 0 Å². The lowest BCUT2D eigenvalue weighted by Gasteiger charge is -2.30. The zero-order chi connectivity index (χ0) is 17.6. The van der Waals surface area contributed by atoms with E-state index in [1.807, 2.05) is 15.9 Å². The van der Waals surface area contributed by atoms with Gasteiger partial charge in [0.25, 0.3) is 0 Å². The molecule has 0 N–H and O–H groups in total. The number of nitrogens with zero attached hydrogens (tertiary/aromatic N) is 3. The van der Waals surface area contributed by atoms with Crippen LogP contribution in [0, 0.1) is 0 Å². The zero-order valence-electron chi connectivity index (χ0n) is 15.2. The third-order valence-electron chi connectivity index (χ3n) is 5.26. The predicted octanol–water partition coefficient (Wildman–Crippen LogP) is 2.12. The molecule has 5 nitrogen and oxygen atoms in total. The molecule has 2 fully saturated rings. The molecule has 1 aromatic carbocycles. The van der Waals surface area contributed by atoms with Gasteiger partial charge in [-0.3, -0.25) is 14.5 Å². The summed E-state index contributed by atoms with van der Waals surface area (Å²) in [6.07, 6.45) is 3.03. The van der Waals surface area contributed by atoms with Gasteiger partial charge >= 0.3 is 0 Å². The normalized spacial score (nSPS) is 22.3. The Bertz CT molecular complexity index is 590. The molecule has 2 aliphatic heterocycles. The van der Waals surface area contributed by atoms with E-state index in [1.165, 1.54) is 5.56 Å². The lowest BCUT2D eigenvalue weighted by atomic mass is 10.2. The Morgan fingerprint density at radius 1 is 1.12 bits per heavy atom. The van der Waals surface area contributed by atoms with Crippen LogP contribution in [0.1, 0.15) is 38.2 Å². The summed E-state index contributed by atoms with van der Waals surface area (Å²) < 4.78 is 0. The third-order valence-corrected chi connectivity index (χ3v) is 5.26. The number of likely N-dealkylation sites (tertiary alicyclic amines) is 1. The van der Waals surface area contributed by atoms with Crippen molar-refractivity contribution in [1.82, 2.24) is 14.7 Å². The van der Waals surface area contributed by atoms with Gasteiger partial charge in [-0.2, -0.15) is 0 Å². The summed E-state index contributed by atoms with van der Waals surface area (Å²) in [5, 5.41) is 0. The molecule has 0 bridgehead atoms. The molecule has 0 unspecified atom stereocenters. The van der Waals surface area contributed by atoms with Gasteiger partial charge in [0.2, 0.25) is 11.8 Å². The summed E-state index contributed by atoms with van der Waals surface area (Å²) in [5.74, 6) is 0.388. The minimum Gasteiger partial charge on any atom is -0.342 e. The van der Waals surface area contributed by atoms with Crippen LogP contribution in [-0.2, 0) is 16.1 Å². The molecule has 1 atom stereocenters. The van der Waals surface area contributed by atoms with E-state index >= 15 is 0 Å². The molecule has 136 valence electrons. The van der Waals surface area contributed by atoms with Crippen LogP contribution in [0.2, 0.25) is 0 Å². The van der Waals surface area contributed by atoms with Gasteiger partial charge in [-0.25, -0.2) is 0 Å². The van der Waals surface area contributed by atoms with Crippen molar-refractivity contribution in [3.05, 3.63) is 35.9 Å². The molecule has 2 aliphatic rings. The Morgan fingerprint density at radius 3 is 2.64 bits per heavy atom. The highest BCUT2D eigenvalue weighted by molar-refractivity contribution is 5.80. The zero-order valence-corrected chi connectivity index (χ0v) is 15.2. The van der Waals surface area contributed by atoms with E-state index in [9.17, 15) is 9.59 Å². The van der Waals surface area contributed by atoms with Crippen LogP contribution >= 0.6 is 0 Å². The molecule has 0 spiro atoms. The maximum Gasteiger partial charge on any atom is 0.224 e. The van der Waals surface area contributed by atoms with Gasteiger partial charge in [-0.1, -0.05) is 30.3 Å². The number of rotatable bonds is 5. The standard InChI is InChI=1S/C20H29N3O2/c1-17-15-21(16-18-7-3-2-4-8-18)11-6-13-23(17)20(25)10-14-22-12-5-9-19(22)24/h2-4,7-8,17H,5-6,9-16H2,1H3/t17-/m1/s1. The van der Waals surface area contributed by atoms with E-state index in [0.29, 0.717) is 19.4 Å². The number of hydrogen-bond acceptors (Lipinski definition) is 3. The van der Waals surface area contributed by atoms with Crippen LogP contribution in [0.3, 0.4) is 0 Å². The van der Waals surface area contributed by atoms with Crippen LogP contribution in [-0.4, -0.2) is 65.3 Å². The van der Waals surface area contributed by atoms with Crippen LogP contribution in [0.4, 0.5) is 0 Å². The average molecular weight is 343 g/mol. The Kier molecular flexibility index (Phi) is 6.08. The van der Waals surface area contributed by atoms with Gasteiger partial charge in [0.15, 0.2) is 0 Å². The van der Waals surface area contributed by atoms with Crippen LogP contribution in [0.15, 0.2) is 30.3 Å². The molecule has 5 heteroatoms. The molecule has 0 saturated carbocycles. The molecule has 0 radical (unpaired) electrons. The molecule has 25 heavy (non-hydrogen) atoms. The molecule has 0 aromatic heterocycles. The third kappa shape index (κ3) is 4.82. The first kappa shape index (κ1) is 17.9. The van der Waals surface area contributed by atoms with Crippen molar-refractivity contribution in [1.29, 1.82) is 0 Å². The molecule has 1 aromatic rings. The first-order chi connectivity index (χ1) is 12.1. The summed E-state index contributed by atoms with van der Waals surface area (Å²) in [7, 11) is 0. The van der Waals surface area contributed by atoms with Crippen LogP contribution in [0.5, 0.6) is 0 Å². The van der Waals surface area contributed by atoms with Crippen molar-refractivity contribution in [2.75, 3.05) is 32.7 Å². The molecule has 0 aliphatic carbocycles. The van der Waals surface area contributed by atoms with Crippen molar-refractivity contribution in [2.24, 2.45) is 0 Å². The quantitative estimate of drug-likeness (QED) is 0.823. The van der Waals surface area contributed by atoms with E-state index in [4.69, 9.17) is 0 Å². The van der Waals surface area contributed by atoms with Gasteiger partial charge in [0.05, 0.1) is 0 Å². The second-order valence-corrected chi connectivity index (χ2v) is 7.24. The number of hydrogen-bond donors (Lipinski definition) is 0. The van der Waals surface area contributed by atoms with E-state index in [1.54, 1.807) is 0 Å². The maximum absolute atomic E-state index is 12.7. The Morgan fingerprint density at radius 2 is 1.92 bits per heavy atom. The Labute approximate surface area is 150 Å². The minimum absolute atomic E-state index is 0.189. The predicted molar refractivity (Wildman–Crippen MR) is 97.9 cm³/mol. The van der Waals surface area contributed by atoms with E-state index in [2.05, 4.69) is 36.1 Å². The van der Waals surface area contributed by atoms with Crippen molar-refractivity contribution >= 4 is 11.8 Å². The Balaban J connectivity index is 1.51. The number of amides is 2. The second-order valence-electron chi connectivity index (χ2n) is 7.24. The number of carbonyl (C=O) groups excluding carboxylic acids is 2. The fraction of sp³-hybridized carbons (Fsp3) is 0.600. The second kappa shape index (κ2) is 8.48. The van der Waals surface area contributed by atoms with Crippen molar-refractivity contribution < 1.29 is 9.59 Å². The lowest BCUT2D eigenvalue weighted by molar-refractivity contribution is -0.134. The first-order valence-corrected chi connectivity index (χ1v) is 9.47. The van der Waals surface area contributed by atoms with Gasteiger partial charge in [-0.15, -0.1) is 0 Å². The van der Waals surface area contributed by atoms with Crippen molar-refractivity contribution in [3.8, 4) is 0 Å². The van der Waals surface area contributed by atoms with Crippen LogP contribution in [0.25, 0.3) is 0 Å². The van der Waals surface area contributed by atoms with Gasteiger partial charge < -0.3 is 9.80 Å². The summed E-state index contributed by atoms with van der Waals surface area (Å²) in [6, 6.07) is 10.7. The maximum atomic E-state index is 12.7. The Hall–Kier alpha value is -1.88. The van der Waals surface area contributed by atoms with Crippen LogP contribution < -0.4 is 0 Å². The number of carbonyl (C=O) groups is 2. The van der Waals surface area contributed by atoms with E-state index in [-0.39, 0.29) is 17.9 Å². The van der Waals surface area contributed by atoms with E-state index < -0.39 is 0 Å². The van der Waals surface area contributed by atoms with Crippen molar-refractivity contribution in [3.63, 3.8) is 0 Å². The highest BCUT2D eigenvalue weighted by Crippen LogP contribution is 2.16. The highest BCUT2D eigenvalue weighted by Gasteiger charge is 2.27. The van der Waals surface area contributed by atoms with Gasteiger partial charge in [-0.05, 0) is 25.3 Å². The lowest BCUT2D eigenvalue weighted by Crippen LogP contribution is -2.43. The van der Waals surface area contributed by atoms with Crippen molar-refractivity contribution in [2.45, 2.75) is 45.2 Å². The summed E-state index contributed by atoms with van der Waals surface area (Å²) in [6.45, 7) is 7.22. The fourth-order valence-corrected chi connectivity index (χ4v) is 3.92. The summed E-state index contributed by atoms with van der Waals surface area (Å²) >= 11 is 0. The molecule has 2 heterocycles. The topological polar surface area (TPSA) is 43.9 Å². The molecule has 3 rings (SSSR count). The monoisotopic (exact) mass is 343 g/mol. The molecule has 2 saturated heterocycles.